The number of amides is 4. The number of benzene rings is 5. The number of phenols is 1. The monoisotopic (exact) mass is 841 g/mol. The Morgan fingerprint density at radius 1 is 0.783 bits per heavy atom. The molecule has 302 valence electrons. The first-order chi connectivity index (χ1) is 29.0. The maximum Gasteiger partial charge on any atom is 0.260 e. The molecule has 4 amide bonds. The summed E-state index contributed by atoms with van der Waals surface area (Å²) >= 11 is 12.8. The van der Waals surface area contributed by atoms with Crippen molar-refractivity contribution in [1.82, 2.24) is 5.01 Å². The van der Waals surface area contributed by atoms with Crippen LogP contribution >= 0.6 is 23.2 Å². The molecule has 6 atom stereocenters. The zero-order chi connectivity index (χ0) is 42.0. The molecule has 0 spiro atoms. The van der Waals surface area contributed by atoms with E-state index in [2.05, 4.69) is 5.43 Å². The number of hydrazine groups is 1. The largest absolute Gasteiger partial charge is 0.508 e. The van der Waals surface area contributed by atoms with Gasteiger partial charge in [0.1, 0.15) is 17.2 Å². The first-order valence-electron chi connectivity index (χ1n) is 19.4. The number of hydrogen-bond acceptors (Lipinski definition) is 9. The van der Waals surface area contributed by atoms with Gasteiger partial charge in [-0.2, -0.15) is 5.01 Å². The molecule has 0 radical (unpaired) electrons. The van der Waals surface area contributed by atoms with Crippen molar-refractivity contribution in [2.24, 2.45) is 23.7 Å². The topological polar surface area (TPSA) is 143 Å². The van der Waals surface area contributed by atoms with E-state index >= 15 is 9.59 Å². The molecule has 5 aromatic rings. The number of hydrogen-bond donors (Lipinski definition) is 2. The number of ether oxygens (including phenoxy) is 2. The predicted molar refractivity (Wildman–Crippen MR) is 224 cm³/mol. The van der Waals surface area contributed by atoms with Gasteiger partial charge in [0.05, 0.1) is 53.8 Å². The smallest absolute Gasteiger partial charge is 0.260 e. The van der Waals surface area contributed by atoms with Crippen LogP contribution in [0.15, 0.2) is 127 Å². The quantitative estimate of drug-likeness (QED) is 0.0855. The van der Waals surface area contributed by atoms with E-state index in [1.165, 1.54) is 37.3 Å². The molecule has 3 fully saturated rings. The number of carbonyl (C=O) groups is 5. The number of phenolic OH excluding ortho intramolecular Hbond substituents is 1. The molecule has 9 rings (SSSR count). The van der Waals surface area contributed by atoms with E-state index < -0.39 is 52.7 Å². The van der Waals surface area contributed by atoms with Crippen molar-refractivity contribution in [3.05, 3.63) is 159 Å². The predicted octanol–water partition coefficient (Wildman–Crippen LogP) is 8.14. The van der Waals surface area contributed by atoms with E-state index in [0.717, 1.165) is 5.01 Å². The van der Waals surface area contributed by atoms with E-state index in [4.69, 9.17) is 32.7 Å². The summed E-state index contributed by atoms with van der Waals surface area (Å²) in [5, 5.41) is 12.2. The molecule has 2 N–H and O–H groups in total. The molecule has 13 heteroatoms. The molecular weight excluding hydrogens is 805 g/mol. The van der Waals surface area contributed by atoms with E-state index in [-0.39, 0.29) is 46.7 Å². The van der Waals surface area contributed by atoms with E-state index in [0.29, 0.717) is 44.3 Å². The highest BCUT2D eigenvalue weighted by Gasteiger charge is 2.70. The van der Waals surface area contributed by atoms with Crippen molar-refractivity contribution < 1.29 is 38.6 Å². The van der Waals surface area contributed by atoms with Crippen molar-refractivity contribution in [3.63, 3.8) is 0 Å². The first-order valence-corrected chi connectivity index (χ1v) is 20.1. The average molecular weight is 843 g/mol. The van der Waals surface area contributed by atoms with Crippen molar-refractivity contribution in [2.45, 2.75) is 24.2 Å². The van der Waals surface area contributed by atoms with Crippen LogP contribution < -0.4 is 19.8 Å². The highest BCUT2D eigenvalue weighted by molar-refractivity contribution is 6.36. The standard InChI is InChI=1S/C47H37Cl2N3O8/c1-59-31-16-10-27(11-17-31)47-36(44(56)52(46(47)58)50-38-21-12-28(48)22-37(38)49)24-35-32(41(47)33-18-15-30(53)23-39(33)60-2)19-20-34-40(35)45(57)51(43(34)55)29-13-8-26(9-14-29)42(54)25-6-4-3-5-7-25/h3-19,21-23,34-36,40-41,50,53H,20,24H2,1-2H3. The third kappa shape index (κ3) is 5.97. The van der Waals surface area contributed by atoms with Gasteiger partial charge in [-0.05, 0) is 85.0 Å². The highest BCUT2D eigenvalue weighted by Crippen LogP contribution is 2.65. The molecule has 2 saturated heterocycles. The Morgan fingerprint density at radius 3 is 2.18 bits per heavy atom. The van der Waals surface area contributed by atoms with Gasteiger partial charge in [-0.1, -0.05) is 83.4 Å². The summed E-state index contributed by atoms with van der Waals surface area (Å²) in [6.45, 7) is 0. The Morgan fingerprint density at radius 2 is 1.50 bits per heavy atom. The molecule has 0 aromatic heterocycles. The summed E-state index contributed by atoms with van der Waals surface area (Å²) in [6.07, 6.45) is 2.17. The fraction of sp³-hybridized carbons (Fsp3) is 0.213. The van der Waals surface area contributed by atoms with Crippen LogP contribution in [-0.2, 0) is 24.6 Å². The molecule has 60 heavy (non-hydrogen) atoms. The molecule has 5 aromatic carbocycles. The number of nitrogens with zero attached hydrogens (tertiary/aromatic N) is 2. The Labute approximate surface area is 355 Å². The molecular formula is C47H37Cl2N3O8. The van der Waals surface area contributed by atoms with Gasteiger partial charge in [0.25, 0.3) is 11.8 Å². The Balaban J connectivity index is 1.18. The van der Waals surface area contributed by atoms with Crippen molar-refractivity contribution in [3.8, 4) is 17.2 Å². The lowest BCUT2D eigenvalue weighted by Crippen LogP contribution is -2.53. The van der Waals surface area contributed by atoms with Crippen LogP contribution in [0.25, 0.3) is 0 Å². The SMILES string of the molecule is COc1ccc(C23C(=O)N(Nc4ccc(Cl)cc4Cl)C(=O)C2CC2C(=CCC4C(=O)N(c5ccc(C(=O)c6ccccc6)cc5)C(=O)C42)C3c2ccc(O)cc2OC)cc1. The molecule has 1 saturated carbocycles. The Kier molecular flexibility index (Phi) is 9.76. The summed E-state index contributed by atoms with van der Waals surface area (Å²) < 4.78 is 11.4. The van der Waals surface area contributed by atoms with Crippen molar-refractivity contribution >= 4 is 64.0 Å². The number of nitrogens with one attached hydrogen (secondary N) is 1. The lowest BCUT2D eigenvalue weighted by molar-refractivity contribution is -0.138. The second-order valence-electron chi connectivity index (χ2n) is 15.4. The number of carbonyl (C=O) groups excluding carboxylic acids is 5. The zero-order valence-corrected chi connectivity index (χ0v) is 33.8. The molecule has 2 aliphatic carbocycles. The lowest BCUT2D eigenvalue weighted by atomic mass is 9.49. The second-order valence-corrected chi connectivity index (χ2v) is 16.2. The van der Waals surface area contributed by atoms with Gasteiger partial charge in [0.2, 0.25) is 11.8 Å². The maximum atomic E-state index is 15.6. The van der Waals surface area contributed by atoms with Gasteiger partial charge in [-0.3, -0.25) is 34.3 Å². The normalized spacial score (nSPS) is 24.4. The minimum Gasteiger partial charge on any atom is -0.508 e. The minimum absolute atomic E-state index is 0.0460. The summed E-state index contributed by atoms with van der Waals surface area (Å²) in [7, 11) is 2.98. The number of anilines is 2. The van der Waals surface area contributed by atoms with Crippen molar-refractivity contribution in [1.29, 1.82) is 0 Å². The number of fused-ring (bicyclic) bond motifs is 4. The van der Waals surface area contributed by atoms with Crippen LogP contribution in [-0.4, -0.2) is 53.7 Å². The number of imide groups is 2. The van der Waals surface area contributed by atoms with Gasteiger partial charge in [0, 0.05) is 33.7 Å². The van der Waals surface area contributed by atoms with Gasteiger partial charge in [-0.15, -0.1) is 0 Å². The summed E-state index contributed by atoms with van der Waals surface area (Å²) in [6, 6.07) is 31.5. The highest BCUT2D eigenvalue weighted by atomic mass is 35.5. The zero-order valence-electron chi connectivity index (χ0n) is 32.3. The number of allylic oxidation sites excluding steroid dienone is 2. The number of methoxy groups -OCH3 is 2. The molecule has 2 aliphatic heterocycles. The lowest BCUT2D eigenvalue weighted by Gasteiger charge is -2.50. The summed E-state index contributed by atoms with van der Waals surface area (Å²) in [5.74, 6) is -5.70. The van der Waals surface area contributed by atoms with Crippen LogP contribution in [0.5, 0.6) is 17.2 Å². The molecule has 6 unspecified atom stereocenters. The number of halogens is 2. The van der Waals surface area contributed by atoms with Crippen LogP contribution in [0.3, 0.4) is 0 Å². The van der Waals surface area contributed by atoms with E-state index in [1.807, 2.05) is 12.1 Å². The number of ketones is 1. The van der Waals surface area contributed by atoms with Gasteiger partial charge >= 0.3 is 0 Å². The summed E-state index contributed by atoms with van der Waals surface area (Å²) in [5.41, 5.74) is 4.59. The minimum atomic E-state index is -1.62. The van der Waals surface area contributed by atoms with Crippen molar-refractivity contribution in [2.75, 3.05) is 24.5 Å². The van der Waals surface area contributed by atoms with Crippen LogP contribution in [0.4, 0.5) is 11.4 Å². The van der Waals surface area contributed by atoms with E-state index in [1.54, 1.807) is 91.0 Å². The van der Waals surface area contributed by atoms with Gasteiger partial charge in [-0.25, -0.2) is 0 Å². The van der Waals surface area contributed by atoms with Crippen LogP contribution in [0, 0.1) is 23.7 Å². The third-order valence-corrected chi connectivity index (χ3v) is 13.1. The summed E-state index contributed by atoms with van der Waals surface area (Å²) in [4.78, 5) is 74.2. The first kappa shape index (κ1) is 39.1. The third-order valence-electron chi connectivity index (χ3n) is 12.5. The molecule has 4 aliphatic rings. The number of aromatic hydroxyl groups is 1. The van der Waals surface area contributed by atoms with E-state index in [9.17, 15) is 19.5 Å². The van der Waals surface area contributed by atoms with Crippen LogP contribution in [0.1, 0.15) is 45.8 Å². The molecule has 2 heterocycles. The molecule has 11 nitrogen and oxygen atoms in total. The van der Waals surface area contributed by atoms with Crippen LogP contribution in [0.2, 0.25) is 10.0 Å². The Hall–Kier alpha value is -6.43. The fourth-order valence-corrected chi connectivity index (χ4v) is 10.3. The fourth-order valence-electron chi connectivity index (χ4n) is 9.90. The number of rotatable bonds is 9. The van der Waals surface area contributed by atoms with Gasteiger partial charge in [0.15, 0.2) is 5.78 Å². The van der Waals surface area contributed by atoms with Gasteiger partial charge < -0.3 is 14.6 Å². The maximum absolute atomic E-state index is 15.6. The average Bonchev–Trinajstić information content (AvgIpc) is 3.65. The Bertz CT molecular complexity index is 2630. The second kappa shape index (κ2) is 15.0. The molecule has 0 bridgehead atoms.